The average molecular weight is 323 g/mol. The Morgan fingerprint density at radius 2 is 1.96 bits per heavy atom. The highest BCUT2D eigenvalue weighted by molar-refractivity contribution is 5.80. The van der Waals surface area contributed by atoms with Gasteiger partial charge in [-0.25, -0.2) is 0 Å². The van der Waals surface area contributed by atoms with Crippen LogP contribution in [0.4, 0.5) is 0 Å². The maximum atomic E-state index is 12.2. The lowest BCUT2D eigenvalue weighted by Crippen LogP contribution is -2.52. The van der Waals surface area contributed by atoms with E-state index in [1.165, 1.54) is 7.11 Å². The number of benzene rings is 1. The molecule has 1 amide bonds. The summed E-state index contributed by atoms with van der Waals surface area (Å²) >= 11 is 0. The number of carboxylic acid groups (broad SMARTS) is 1. The molecule has 23 heavy (non-hydrogen) atoms. The fourth-order valence-electron chi connectivity index (χ4n) is 2.21. The van der Waals surface area contributed by atoms with Crippen LogP contribution >= 0.6 is 0 Å². The summed E-state index contributed by atoms with van der Waals surface area (Å²) < 4.78 is 10.6. The molecule has 0 heterocycles. The molecule has 0 aliphatic rings. The molecule has 1 aromatic carbocycles. The first-order valence-corrected chi connectivity index (χ1v) is 7.57. The summed E-state index contributed by atoms with van der Waals surface area (Å²) in [6, 6.07) is 9.38. The third kappa shape index (κ3) is 7.15. The summed E-state index contributed by atoms with van der Waals surface area (Å²) in [5.74, 6) is -0.716. The second kappa shape index (κ2) is 9.15. The van der Waals surface area contributed by atoms with E-state index in [0.717, 1.165) is 5.75 Å². The first kappa shape index (κ1) is 19.0. The molecule has 0 saturated carbocycles. The van der Waals surface area contributed by atoms with E-state index >= 15 is 0 Å². The quantitative estimate of drug-likeness (QED) is 0.689. The number of aliphatic carboxylic acids is 1. The molecule has 2 N–H and O–H groups in total. The van der Waals surface area contributed by atoms with Crippen LogP contribution in [-0.2, 0) is 14.3 Å². The second-order valence-corrected chi connectivity index (χ2v) is 5.90. The largest absolute Gasteiger partial charge is 0.494 e. The van der Waals surface area contributed by atoms with Gasteiger partial charge in [0.25, 0.3) is 0 Å². The maximum Gasteiger partial charge on any atom is 0.305 e. The van der Waals surface area contributed by atoms with Gasteiger partial charge in [-0.3, -0.25) is 9.59 Å². The van der Waals surface area contributed by atoms with Gasteiger partial charge in [0.1, 0.15) is 5.75 Å². The van der Waals surface area contributed by atoms with Crippen molar-refractivity contribution < 1.29 is 24.2 Å². The van der Waals surface area contributed by atoms with Crippen molar-refractivity contribution in [2.24, 2.45) is 5.92 Å². The lowest BCUT2D eigenvalue weighted by atomic mass is 9.97. The molecule has 2 unspecified atom stereocenters. The average Bonchev–Trinajstić information content (AvgIpc) is 2.47. The Labute approximate surface area is 136 Å². The molecular weight excluding hydrogens is 298 g/mol. The van der Waals surface area contributed by atoms with Crippen molar-refractivity contribution in [2.45, 2.75) is 32.2 Å². The van der Waals surface area contributed by atoms with Gasteiger partial charge >= 0.3 is 5.97 Å². The molecule has 2 atom stereocenters. The number of nitrogens with one attached hydrogen (secondary N) is 1. The highest BCUT2D eigenvalue weighted by atomic mass is 16.5. The van der Waals surface area contributed by atoms with Crippen LogP contribution in [0.3, 0.4) is 0 Å². The minimum atomic E-state index is -0.982. The first-order chi connectivity index (χ1) is 10.9. The van der Waals surface area contributed by atoms with Gasteiger partial charge in [-0.1, -0.05) is 25.1 Å². The smallest absolute Gasteiger partial charge is 0.305 e. The number of rotatable bonds is 10. The number of carboxylic acids is 1. The first-order valence-electron chi connectivity index (χ1n) is 7.57. The monoisotopic (exact) mass is 323 g/mol. The predicted molar refractivity (Wildman–Crippen MR) is 86.4 cm³/mol. The van der Waals surface area contributed by atoms with Crippen LogP contribution < -0.4 is 10.1 Å². The van der Waals surface area contributed by atoms with Crippen molar-refractivity contribution in [3.8, 4) is 5.75 Å². The second-order valence-electron chi connectivity index (χ2n) is 5.90. The summed E-state index contributed by atoms with van der Waals surface area (Å²) in [6.45, 7) is 4.00. The third-order valence-corrected chi connectivity index (χ3v) is 3.44. The zero-order chi connectivity index (χ0) is 17.3. The fourth-order valence-corrected chi connectivity index (χ4v) is 2.21. The number of methoxy groups -OCH3 is 1. The minimum absolute atomic E-state index is 0.137. The Hall–Kier alpha value is -2.08. The van der Waals surface area contributed by atoms with Crippen molar-refractivity contribution >= 4 is 11.9 Å². The van der Waals surface area contributed by atoms with Gasteiger partial charge in [0, 0.05) is 13.0 Å². The van der Waals surface area contributed by atoms with E-state index in [4.69, 9.17) is 14.6 Å². The highest BCUT2D eigenvalue weighted by Gasteiger charge is 2.31. The Balaban J connectivity index is 2.46. The molecule has 1 rings (SSSR count). The molecule has 6 nitrogen and oxygen atoms in total. The van der Waals surface area contributed by atoms with E-state index in [0.29, 0.717) is 13.0 Å². The Kier molecular flexibility index (Phi) is 7.54. The van der Waals surface area contributed by atoms with Crippen LogP contribution in [0.2, 0.25) is 0 Å². The van der Waals surface area contributed by atoms with Gasteiger partial charge in [-0.05, 0) is 25.5 Å². The summed E-state index contributed by atoms with van der Waals surface area (Å²) in [4.78, 5) is 23.2. The van der Waals surface area contributed by atoms with Gasteiger partial charge < -0.3 is 19.9 Å². The molecule has 0 fully saturated rings. The van der Waals surface area contributed by atoms with E-state index in [1.807, 2.05) is 30.3 Å². The van der Waals surface area contributed by atoms with Crippen molar-refractivity contribution in [3.05, 3.63) is 30.3 Å². The minimum Gasteiger partial charge on any atom is -0.494 e. The number of para-hydroxylation sites is 1. The van der Waals surface area contributed by atoms with Crippen molar-refractivity contribution in [1.82, 2.24) is 5.32 Å². The van der Waals surface area contributed by atoms with Gasteiger partial charge in [0.05, 0.1) is 25.2 Å². The zero-order valence-electron chi connectivity index (χ0n) is 13.9. The molecule has 0 radical (unpaired) electrons. The number of hydrogen-bond acceptors (Lipinski definition) is 4. The summed E-state index contributed by atoms with van der Waals surface area (Å²) in [5, 5.41) is 11.7. The zero-order valence-corrected chi connectivity index (χ0v) is 13.9. The Morgan fingerprint density at radius 1 is 1.30 bits per heavy atom. The van der Waals surface area contributed by atoms with Gasteiger partial charge in [0.15, 0.2) is 0 Å². The standard InChI is InChI=1S/C17H25NO5/c1-13(9-10-23-14-7-5-4-6-8-14)16(21)18-17(2,12-22-3)11-15(19)20/h4-8,13H,9-12H2,1-3H3,(H,18,21)(H,19,20). The number of hydrogen-bond donors (Lipinski definition) is 2. The molecule has 128 valence electrons. The predicted octanol–water partition coefficient (Wildman–Crippen LogP) is 2.09. The van der Waals surface area contributed by atoms with E-state index < -0.39 is 11.5 Å². The van der Waals surface area contributed by atoms with Crippen LogP contribution in [0.1, 0.15) is 26.7 Å². The van der Waals surface area contributed by atoms with Crippen LogP contribution in [0, 0.1) is 5.92 Å². The molecule has 0 saturated heterocycles. The summed E-state index contributed by atoms with van der Waals surface area (Å²) in [5.41, 5.74) is -0.924. The van der Waals surface area contributed by atoms with Crippen molar-refractivity contribution in [1.29, 1.82) is 0 Å². The lowest BCUT2D eigenvalue weighted by Gasteiger charge is -2.29. The normalized spacial score (nSPS) is 14.6. The lowest BCUT2D eigenvalue weighted by molar-refractivity contribution is -0.140. The Morgan fingerprint density at radius 3 is 2.52 bits per heavy atom. The maximum absolute atomic E-state index is 12.2. The Bertz CT molecular complexity index is 505. The van der Waals surface area contributed by atoms with Crippen molar-refractivity contribution in [2.75, 3.05) is 20.3 Å². The third-order valence-electron chi connectivity index (χ3n) is 3.44. The topological polar surface area (TPSA) is 84.9 Å². The van der Waals surface area contributed by atoms with E-state index in [9.17, 15) is 9.59 Å². The van der Waals surface area contributed by atoms with E-state index in [1.54, 1.807) is 13.8 Å². The van der Waals surface area contributed by atoms with Gasteiger partial charge in [0.2, 0.25) is 5.91 Å². The molecular formula is C17H25NO5. The fraction of sp³-hybridized carbons (Fsp3) is 0.529. The molecule has 1 aromatic rings. The van der Waals surface area contributed by atoms with Gasteiger partial charge in [-0.15, -0.1) is 0 Å². The SMILES string of the molecule is COCC(C)(CC(=O)O)NC(=O)C(C)CCOc1ccccc1. The molecule has 0 aromatic heterocycles. The van der Waals surface area contributed by atoms with Crippen LogP contribution in [0.15, 0.2) is 30.3 Å². The molecule has 6 heteroatoms. The van der Waals surface area contributed by atoms with Crippen LogP contribution in [0.25, 0.3) is 0 Å². The van der Waals surface area contributed by atoms with Crippen LogP contribution in [0.5, 0.6) is 5.75 Å². The number of carbonyl (C=O) groups excluding carboxylic acids is 1. The number of amides is 1. The summed E-state index contributed by atoms with van der Waals surface area (Å²) in [7, 11) is 1.48. The van der Waals surface area contributed by atoms with E-state index in [2.05, 4.69) is 5.32 Å². The number of carbonyl (C=O) groups is 2. The number of ether oxygens (including phenoxy) is 2. The summed E-state index contributed by atoms with van der Waals surface area (Å²) in [6.07, 6.45) is 0.344. The molecule has 0 spiro atoms. The van der Waals surface area contributed by atoms with Crippen molar-refractivity contribution in [3.63, 3.8) is 0 Å². The molecule has 0 bridgehead atoms. The highest BCUT2D eigenvalue weighted by Crippen LogP contribution is 2.14. The molecule has 0 aliphatic heterocycles. The van der Waals surface area contributed by atoms with E-state index in [-0.39, 0.29) is 24.9 Å². The van der Waals surface area contributed by atoms with Gasteiger partial charge in [-0.2, -0.15) is 0 Å². The molecule has 0 aliphatic carbocycles. The van der Waals surface area contributed by atoms with Crippen LogP contribution in [-0.4, -0.2) is 42.8 Å².